The first kappa shape index (κ1) is 12.0. The second kappa shape index (κ2) is 5.14. The summed E-state index contributed by atoms with van der Waals surface area (Å²) in [4.78, 5) is 11.4. The third-order valence-corrected chi connectivity index (χ3v) is 2.26. The van der Waals surface area contributed by atoms with E-state index in [0.29, 0.717) is 6.54 Å². The Labute approximate surface area is 94.0 Å². The van der Waals surface area contributed by atoms with Crippen molar-refractivity contribution in [3.05, 3.63) is 17.5 Å². The number of nitrogens with one attached hydrogen (secondary N) is 2. The molecule has 0 saturated carbocycles. The van der Waals surface area contributed by atoms with E-state index in [1.165, 1.54) is 0 Å². The first-order chi connectivity index (χ1) is 6.75. The van der Waals surface area contributed by atoms with Gasteiger partial charge in [-0.1, -0.05) is 5.16 Å². The van der Waals surface area contributed by atoms with E-state index in [1.807, 2.05) is 13.0 Å². The third kappa shape index (κ3) is 2.94. The Morgan fingerprint density at radius 3 is 3.00 bits per heavy atom. The average Bonchev–Trinajstić information content (AvgIpc) is 2.45. The van der Waals surface area contributed by atoms with Gasteiger partial charge in [-0.25, -0.2) is 0 Å². The number of rotatable bonds is 3. The lowest BCUT2D eigenvalue weighted by Crippen LogP contribution is -2.52. The molecule has 0 radical (unpaired) electrons. The van der Waals surface area contributed by atoms with Crippen LogP contribution in [0, 0.1) is 6.92 Å². The van der Waals surface area contributed by atoms with Crippen LogP contribution in [-0.4, -0.2) is 23.7 Å². The summed E-state index contributed by atoms with van der Waals surface area (Å²) >= 11 is 0. The Morgan fingerprint density at radius 1 is 1.80 bits per heavy atom. The molecule has 1 aromatic rings. The maximum absolute atomic E-state index is 11.4. The fourth-order valence-electron chi connectivity index (χ4n) is 1.31. The monoisotopic (exact) mass is 231 g/mol. The Bertz CT molecular complexity index is 336. The quantitative estimate of drug-likeness (QED) is 0.790. The SMILES string of the molecule is Cc1cc(CNC(=O)[C@H]2CCN2)no1.Cl. The van der Waals surface area contributed by atoms with Crippen LogP contribution in [0.15, 0.2) is 10.6 Å². The topological polar surface area (TPSA) is 67.2 Å². The molecule has 0 aliphatic carbocycles. The van der Waals surface area contributed by atoms with Crippen molar-refractivity contribution in [2.45, 2.75) is 25.9 Å². The normalized spacial score (nSPS) is 18.9. The molecule has 2 N–H and O–H groups in total. The molecule has 1 aromatic heterocycles. The van der Waals surface area contributed by atoms with Gasteiger partial charge in [0.25, 0.3) is 0 Å². The second-order valence-electron chi connectivity index (χ2n) is 3.44. The number of carbonyl (C=O) groups excluding carboxylic acids is 1. The van der Waals surface area contributed by atoms with Crippen molar-refractivity contribution in [3.63, 3.8) is 0 Å². The lowest BCUT2D eigenvalue weighted by molar-refractivity contribution is -0.124. The number of nitrogens with zero attached hydrogens (tertiary/aromatic N) is 1. The van der Waals surface area contributed by atoms with Crippen molar-refractivity contribution in [2.75, 3.05) is 6.54 Å². The van der Waals surface area contributed by atoms with Gasteiger partial charge in [-0.05, 0) is 19.9 Å². The lowest BCUT2D eigenvalue weighted by Gasteiger charge is -2.25. The van der Waals surface area contributed by atoms with Gasteiger partial charge in [-0.3, -0.25) is 4.79 Å². The van der Waals surface area contributed by atoms with Gasteiger partial charge in [-0.2, -0.15) is 0 Å². The molecule has 2 heterocycles. The van der Waals surface area contributed by atoms with Gasteiger partial charge in [0, 0.05) is 6.07 Å². The Morgan fingerprint density at radius 2 is 2.53 bits per heavy atom. The van der Waals surface area contributed by atoms with E-state index in [4.69, 9.17) is 4.52 Å². The molecule has 5 nitrogen and oxygen atoms in total. The van der Waals surface area contributed by atoms with Gasteiger partial charge in [-0.15, -0.1) is 12.4 Å². The molecule has 2 rings (SSSR count). The van der Waals surface area contributed by atoms with Crippen LogP contribution in [-0.2, 0) is 11.3 Å². The fraction of sp³-hybridized carbons (Fsp3) is 0.556. The van der Waals surface area contributed by atoms with E-state index in [1.54, 1.807) is 0 Å². The minimum absolute atomic E-state index is 0. The smallest absolute Gasteiger partial charge is 0.237 e. The molecule has 0 spiro atoms. The minimum atomic E-state index is -0.0111. The number of hydrogen-bond donors (Lipinski definition) is 2. The third-order valence-electron chi connectivity index (χ3n) is 2.26. The standard InChI is InChI=1S/C9H13N3O2.ClH/c1-6-4-7(12-14-6)5-11-9(13)8-2-3-10-8;/h4,8,10H,2-3,5H2,1H3,(H,11,13);1H/t8-;/m1./s1. The molecule has 1 aliphatic heterocycles. The molecule has 15 heavy (non-hydrogen) atoms. The van der Waals surface area contributed by atoms with Gasteiger partial charge in [0.2, 0.25) is 5.91 Å². The van der Waals surface area contributed by atoms with E-state index in [2.05, 4.69) is 15.8 Å². The highest BCUT2D eigenvalue weighted by Crippen LogP contribution is 2.03. The zero-order chi connectivity index (χ0) is 9.97. The predicted molar refractivity (Wildman–Crippen MR) is 56.7 cm³/mol. The van der Waals surface area contributed by atoms with Crippen LogP contribution in [0.3, 0.4) is 0 Å². The van der Waals surface area contributed by atoms with Gasteiger partial charge in [0.1, 0.15) is 11.5 Å². The van der Waals surface area contributed by atoms with Crippen molar-refractivity contribution in [1.29, 1.82) is 0 Å². The average molecular weight is 232 g/mol. The minimum Gasteiger partial charge on any atom is -0.361 e. The van der Waals surface area contributed by atoms with Crippen molar-refractivity contribution in [2.24, 2.45) is 0 Å². The predicted octanol–water partition coefficient (Wildman–Crippen LogP) is 0.383. The number of halogens is 1. The second-order valence-corrected chi connectivity index (χ2v) is 3.44. The van der Waals surface area contributed by atoms with Crippen molar-refractivity contribution in [1.82, 2.24) is 15.8 Å². The maximum Gasteiger partial charge on any atom is 0.237 e. The summed E-state index contributed by atoms with van der Waals surface area (Å²) in [5.74, 6) is 0.799. The van der Waals surface area contributed by atoms with Gasteiger partial charge in [0.15, 0.2) is 0 Å². The molecule has 1 aliphatic rings. The number of aromatic nitrogens is 1. The van der Waals surface area contributed by atoms with Crippen LogP contribution in [0.1, 0.15) is 17.9 Å². The van der Waals surface area contributed by atoms with E-state index in [-0.39, 0.29) is 24.4 Å². The Kier molecular flexibility index (Phi) is 4.11. The lowest BCUT2D eigenvalue weighted by atomic mass is 10.1. The maximum atomic E-state index is 11.4. The van der Waals surface area contributed by atoms with Crippen LogP contribution >= 0.6 is 12.4 Å². The summed E-state index contributed by atoms with van der Waals surface area (Å²) in [6.45, 7) is 3.20. The molecule has 0 bridgehead atoms. The van der Waals surface area contributed by atoms with E-state index < -0.39 is 0 Å². The Hall–Kier alpha value is -1.07. The van der Waals surface area contributed by atoms with E-state index >= 15 is 0 Å². The van der Waals surface area contributed by atoms with Crippen molar-refractivity contribution in [3.8, 4) is 0 Å². The van der Waals surface area contributed by atoms with Crippen molar-refractivity contribution < 1.29 is 9.32 Å². The van der Waals surface area contributed by atoms with Gasteiger partial charge in [0.05, 0.1) is 12.6 Å². The number of carbonyl (C=O) groups is 1. The summed E-state index contributed by atoms with van der Waals surface area (Å²) in [5, 5.41) is 9.60. The fourth-order valence-corrected chi connectivity index (χ4v) is 1.31. The zero-order valence-electron chi connectivity index (χ0n) is 8.45. The summed E-state index contributed by atoms with van der Waals surface area (Å²) in [5.41, 5.74) is 0.759. The van der Waals surface area contributed by atoms with Crippen LogP contribution in [0.5, 0.6) is 0 Å². The molecule has 1 saturated heterocycles. The number of amides is 1. The molecule has 84 valence electrons. The van der Waals surface area contributed by atoms with Crippen LogP contribution in [0.4, 0.5) is 0 Å². The number of hydrogen-bond acceptors (Lipinski definition) is 4. The van der Waals surface area contributed by atoms with Crippen LogP contribution < -0.4 is 10.6 Å². The van der Waals surface area contributed by atoms with E-state index in [0.717, 1.165) is 24.4 Å². The summed E-state index contributed by atoms with van der Waals surface area (Å²) in [7, 11) is 0. The first-order valence-corrected chi connectivity index (χ1v) is 4.69. The zero-order valence-corrected chi connectivity index (χ0v) is 9.26. The number of aryl methyl sites for hydroxylation is 1. The van der Waals surface area contributed by atoms with E-state index in [9.17, 15) is 4.79 Å². The molecule has 1 atom stereocenters. The van der Waals surface area contributed by atoms with Crippen molar-refractivity contribution >= 4 is 18.3 Å². The first-order valence-electron chi connectivity index (χ1n) is 4.69. The van der Waals surface area contributed by atoms with Gasteiger partial charge < -0.3 is 15.2 Å². The highest BCUT2D eigenvalue weighted by Gasteiger charge is 2.23. The summed E-state index contributed by atoms with van der Waals surface area (Å²) in [6.07, 6.45) is 0.920. The molecule has 0 aromatic carbocycles. The molecule has 0 unspecified atom stereocenters. The summed E-state index contributed by atoms with van der Waals surface area (Å²) < 4.78 is 4.88. The molecular weight excluding hydrogens is 218 g/mol. The molecule has 1 amide bonds. The molecular formula is C9H14ClN3O2. The highest BCUT2D eigenvalue weighted by atomic mass is 35.5. The largest absolute Gasteiger partial charge is 0.361 e. The Balaban J connectivity index is 0.00000112. The van der Waals surface area contributed by atoms with Crippen LogP contribution in [0.2, 0.25) is 0 Å². The summed E-state index contributed by atoms with van der Waals surface area (Å²) in [6, 6.07) is 1.80. The molecule has 1 fully saturated rings. The highest BCUT2D eigenvalue weighted by molar-refractivity contribution is 5.85. The van der Waals surface area contributed by atoms with Gasteiger partial charge >= 0.3 is 0 Å². The van der Waals surface area contributed by atoms with Crippen LogP contribution in [0.25, 0.3) is 0 Å². The molecule has 6 heteroatoms.